The van der Waals surface area contributed by atoms with Gasteiger partial charge in [0, 0.05) is 12.8 Å². The zero-order valence-electron chi connectivity index (χ0n) is 36.2. The van der Waals surface area contributed by atoms with Crippen LogP contribution >= 0.6 is 0 Å². The minimum Gasteiger partial charge on any atom is -0.462 e. The van der Waals surface area contributed by atoms with Gasteiger partial charge in [-0.3, -0.25) is 14.1 Å². The number of hydrogen-bond acceptors (Lipinski definition) is 11. The lowest BCUT2D eigenvalue weighted by molar-refractivity contribution is -0.297. The second kappa shape index (κ2) is 35.8. The molecule has 13 heteroatoms. The van der Waals surface area contributed by atoms with Gasteiger partial charge in [-0.05, 0) is 57.8 Å². The average Bonchev–Trinajstić information content (AvgIpc) is 3.18. The number of unbranched alkanes of at least 4 members (excludes halogenated alkanes) is 22. The van der Waals surface area contributed by atoms with E-state index in [1.165, 1.54) is 116 Å². The van der Waals surface area contributed by atoms with Gasteiger partial charge in [0.05, 0.1) is 6.61 Å². The van der Waals surface area contributed by atoms with Crippen molar-refractivity contribution in [2.45, 2.75) is 230 Å². The highest BCUT2D eigenvalue weighted by atomic mass is 32.2. The van der Waals surface area contributed by atoms with Crippen molar-refractivity contribution < 1.29 is 56.8 Å². The summed E-state index contributed by atoms with van der Waals surface area (Å²) in [5.74, 6) is -2.01. The molecule has 0 aromatic carbocycles. The summed E-state index contributed by atoms with van der Waals surface area (Å²) in [6.07, 6.45) is 29.4. The Balaban J connectivity index is 2.45. The Labute approximate surface area is 351 Å². The van der Waals surface area contributed by atoms with E-state index >= 15 is 0 Å². The Morgan fingerprint density at radius 2 is 1.00 bits per heavy atom. The average molecular weight is 847 g/mol. The van der Waals surface area contributed by atoms with Crippen LogP contribution in [0.25, 0.3) is 0 Å². The van der Waals surface area contributed by atoms with Crippen molar-refractivity contribution in [2.24, 2.45) is 0 Å². The first-order valence-electron chi connectivity index (χ1n) is 22.9. The second-order valence-corrected chi connectivity index (χ2v) is 17.6. The molecule has 4 N–H and O–H groups in total. The van der Waals surface area contributed by atoms with Gasteiger partial charge in [0.2, 0.25) is 0 Å². The van der Waals surface area contributed by atoms with Crippen molar-refractivity contribution in [1.29, 1.82) is 0 Å². The maximum atomic E-state index is 12.8. The lowest BCUT2D eigenvalue weighted by Gasteiger charge is -2.40. The highest BCUT2D eigenvalue weighted by molar-refractivity contribution is 7.85. The van der Waals surface area contributed by atoms with E-state index in [0.717, 1.165) is 38.5 Å². The van der Waals surface area contributed by atoms with E-state index in [-0.39, 0.29) is 19.4 Å². The molecule has 1 heterocycles. The zero-order chi connectivity index (χ0) is 42.7. The van der Waals surface area contributed by atoms with Crippen LogP contribution in [0.15, 0.2) is 24.3 Å². The topological polar surface area (TPSA) is 186 Å². The molecule has 1 aliphatic heterocycles. The van der Waals surface area contributed by atoms with Gasteiger partial charge in [0.1, 0.15) is 36.8 Å². The number of hydrogen-bond donors (Lipinski definition) is 4. The quantitative estimate of drug-likeness (QED) is 0.0200. The van der Waals surface area contributed by atoms with Crippen molar-refractivity contribution in [1.82, 2.24) is 0 Å². The number of carbonyl (C=O) groups is 2. The molecular formula is C45H82O12S. The molecule has 0 aliphatic carbocycles. The molecule has 0 aromatic heterocycles. The van der Waals surface area contributed by atoms with Crippen LogP contribution in [-0.4, -0.2) is 96.0 Å². The van der Waals surface area contributed by atoms with Crippen LogP contribution in [0, 0.1) is 0 Å². The van der Waals surface area contributed by atoms with Crippen LogP contribution in [0.5, 0.6) is 0 Å². The number of allylic oxidation sites excluding steroid dienone is 4. The third kappa shape index (κ3) is 30.2. The van der Waals surface area contributed by atoms with E-state index in [1.54, 1.807) is 0 Å². The molecule has 1 rings (SSSR count). The maximum absolute atomic E-state index is 12.8. The van der Waals surface area contributed by atoms with Gasteiger partial charge in [0.25, 0.3) is 10.1 Å². The summed E-state index contributed by atoms with van der Waals surface area (Å²) < 4.78 is 54.0. The number of aliphatic hydroxyl groups is 3. The van der Waals surface area contributed by atoms with Gasteiger partial charge in [-0.15, -0.1) is 0 Å². The van der Waals surface area contributed by atoms with Gasteiger partial charge in [0.15, 0.2) is 12.4 Å². The zero-order valence-corrected chi connectivity index (χ0v) is 37.0. The third-order valence-electron chi connectivity index (χ3n) is 10.5. The Bertz CT molecular complexity index is 1180. The first-order chi connectivity index (χ1) is 28.0. The molecule has 1 saturated heterocycles. The number of aliphatic hydroxyl groups excluding tert-OH is 3. The Kier molecular flexibility index (Phi) is 33.5. The van der Waals surface area contributed by atoms with Crippen molar-refractivity contribution in [2.75, 3.05) is 19.0 Å². The molecule has 12 nitrogen and oxygen atoms in total. The van der Waals surface area contributed by atoms with Gasteiger partial charge in [-0.1, -0.05) is 147 Å². The predicted octanol–water partition coefficient (Wildman–Crippen LogP) is 9.23. The third-order valence-corrected chi connectivity index (χ3v) is 11.3. The second-order valence-electron chi connectivity index (χ2n) is 16.1. The molecule has 0 aromatic rings. The Morgan fingerprint density at radius 1 is 0.569 bits per heavy atom. The molecule has 58 heavy (non-hydrogen) atoms. The van der Waals surface area contributed by atoms with E-state index in [9.17, 15) is 37.9 Å². The maximum Gasteiger partial charge on any atom is 0.306 e. The molecule has 0 bridgehead atoms. The molecule has 0 radical (unpaired) electrons. The summed E-state index contributed by atoms with van der Waals surface area (Å²) in [5.41, 5.74) is 0. The molecule has 0 amide bonds. The van der Waals surface area contributed by atoms with Crippen LogP contribution in [0.3, 0.4) is 0 Å². The van der Waals surface area contributed by atoms with E-state index in [4.69, 9.17) is 18.9 Å². The molecule has 1 fully saturated rings. The summed E-state index contributed by atoms with van der Waals surface area (Å²) in [7, 11) is -4.60. The Hall–Kier alpha value is -1.87. The van der Waals surface area contributed by atoms with Gasteiger partial charge >= 0.3 is 11.9 Å². The van der Waals surface area contributed by atoms with E-state index < -0.39 is 71.2 Å². The molecule has 0 spiro atoms. The summed E-state index contributed by atoms with van der Waals surface area (Å²) in [6.45, 7) is 3.72. The number of carbonyl (C=O) groups excluding carboxylic acids is 2. The van der Waals surface area contributed by atoms with Crippen LogP contribution in [0.2, 0.25) is 0 Å². The highest BCUT2D eigenvalue weighted by Crippen LogP contribution is 2.24. The fourth-order valence-corrected chi connectivity index (χ4v) is 7.58. The van der Waals surface area contributed by atoms with E-state index in [0.29, 0.717) is 12.8 Å². The molecule has 1 aliphatic rings. The van der Waals surface area contributed by atoms with Gasteiger partial charge in [-0.2, -0.15) is 8.42 Å². The normalized spacial score (nSPS) is 20.6. The first-order valence-corrected chi connectivity index (χ1v) is 24.5. The number of esters is 2. The van der Waals surface area contributed by atoms with Crippen LogP contribution in [-0.2, 0) is 38.7 Å². The van der Waals surface area contributed by atoms with Crippen LogP contribution in [0.4, 0.5) is 0 Å². The van der Waals surface area contributed by atoms with Gasteiger partial charge < -0.3 is 34.3 Å². The largest absolute Gasteiger partial charge is 0.462 e. The molecule has 0 saturated carbocycles. The first kappa shape index (κ1) is 54.1. The smallest absolute Gasteiger partial charge is 0.306 e. The number of ether oxygens (including phenoxy) is 4. The van der Waals surface area contributed by atoms with E-state index in [2.05, 4.69) is 38.2 Å². The fraction of sp³-hybridized carbons (Fsp3) is 0.867. The van der Waals surface area contributed by atoms with Gasteiger partial charge in [-0.25, -0.2) is 0 Å². The Morgan fingerprint density at radius 3 is 1.52 bits per heavy atom. The van der Waals surface area contributed by atoms with Crippen LogP contribution < -0.4 is 0 Å². The summed E-state index contributed by atoms with van der Waals surface area (Å²) in [6, 6.07) is 0. The predicted molar refractivity (Wildman–Crippen MR) is 229 cm³/mol. The SMILES string of the molecule is CCCC/C=C/CCCCCCCCCCCC(=O)OC[C@H](CO[C@H]1O[C@H](CS(=O)(=O)O)[C@@H](O)C(O)C1O)OC(=O)CCCC/C=C/CCCCCCCCCCC. The summed E-state index contributed by atoms with van der Waals surface area (Å²) in [5, 5.41) is 30.9. The molecule has 2 unspecified atom stereocenters. The van der Waals surface area contributed by atoms with Crippen molar-refractivity contribution in [3.8, 4) is 0 Å². The van der Waals surface area contributed by atoms with E-state index in [1.807, 2.05) is 0 Å². The number of rotatable bonds is 38. The lowest BCUT2D eigenvalue weighted by atomic mass is 10.00. The molecular weight excluding hydrogens is 765 g/mol. The van der Waals surface area contributed by atoms with Crippen LogP contribution in [0.1, 0.15) is 194 Å². The summed E-state index contributed by atoms with van der Waals surface area (Å²) >= 11 is 0. The van der Waals surface area contributed by atoms with Crippen molar-refractivity contribution >= 4 is 22.1 Å². The minimum absolute atomic E-state index is 0.136. The fourth-order valence-electron chi connectivity index (χ4n) is 6.89. The van der Waals surface area contributed by atoms with Crippen molar-refractivity contribution in [3.63, 3.8) is 0 Å². The standard InChI is InChI=1S/C45H82O12S/c1-3-5-7-9-11-13-15-17-19-21-23-25-27-29-31-33-40(46)54-35-38(36-55-45-44(50)43(49)42(48)39(57-45)37-58(51,52)53)56-41(47)34-32-30-28-26-24-22-20-18-16-14-12-10-8-6-4-2/h9,11,24,26,38-39,42-45,48-50H,3-8,10,12-23,25,27-37H2,1-2H3,(H,51,52,53)/b11-9+,26-24+/t38-,39-,42-,43?,44?,45+/m1/s1. The molecule has 340 valence electrons. The minimum atomic E-state index is -4.60. The molecule has 6 atom stereocenters. The van der Waals surface area contributed by atoms with Crippen molar-refractivity contribution in [3.05, 3.63) is 24.3 Å². The highest BCUT2D eigenvalue weighted by Gasteiger charge is 2.46. The summed E-state index contributed by atoms with van der Waals surface area (Å²) in [4.78, 5) is 25.4. The lowest BCUT2D eigenvalue weighted by Crippen LogP contribution is -2.60. The monoisotopic (exact) mass is 847 g/mol.